The fraction of sp³-hybridized carbons (Fsp3) is 0.647. The van der Waals surface area contributed by atoms with Gasteiger partial charge in [0.2, 0.25) is 0 Å². The first kappa shape index (κ1) is 15.3. The van der Waals surface area contributed by atoms with Crippen LogP contribution in [0.3, 0.4) is 0 Å². The molecule has 0 radical (unpaired) electrons. The molecule has 1 atom stereocenters. The largest absolute Gasteiger partial charge is 0.370 e. The molecule has 23 heavy (non-hydrogen) atoms. The van der Waals surface area contributed by atoms with E-state index in [0.717, 1.165) is 56.0 Å². The highest BCUT2D eigenvalue weighted by Crippen LogP contribution is 2.39. The van der Waals surface area contributed by atoms with Gasteiger partial charge in [-0.05, 0) is 30.7 Å². The van der Waals surface area contributed by atoms with Crippen molar-refractivity contribution in [1.82, 2.24) is 9.97 Å². The zero-order valence-corrected chi connectivity index (χ0v) is 14.5. The van der Waals surface area contributed by atoms with Crippen molar-refractivity contribution in [3.8, 4) is 0 Å². The Hall–Kier alpha value is -1.24. The lowest BCUT2D eigenvalue weighted by molar-refractivity contribution is -0.906. The number of hydrogen-bond donors (Lipinski definition) is 2. The van der Waals surface area contributed by atoms with Gasteiger partial charge in [-0.15, -0.1) is 11.3 Å². The number of anilines is 1. The minimum absolute atomic E-state index is 0.796. The van der Waals surface area contributed by atoms with E-state index in [-0.39, 0.29) is 0 Å². The molecule has 2 aromatic heterocycles. The van der Waals surface area contributed by atoms with Crippen molar-refractivity contribution in [1.29, 1.82) is 0 Å². The summed E-state index contributed by atoms with van der Waals surface area (Å²) in [6, 6.07) is 0. The number of nitrogens with one attached hydrogen (secondary N) is 2. The Bertz CT molecular complexity index is 681. The first-order valence-corrected chi connectivity index (χ1v) is 9.53. The van der Waals surface area contributed by atoms with Crippen LogP contribution in [-0.4, -0.2) is 49.4 Å². The lowest BCUT2D eigenvalue weighted by atomic mass is 9.89. The van der Waals surface area contributed by atoms with E-state index >= 15 is 0 Å². The monoisotopic (exact) mass is 333 g/mol. The zero-order chi connectivity index (χ0) is 15.6. The molecule has 0 saturated carbocycles. The van der Waals surface area contributed by atoms with Gasteiger partial charge in [-0.25, -0.2) is 9.97 Å². The van der Waals surface area contributed by atoms with Crippen LogP contribution >= 0.6 is 11.3 Å². The van der Waals surface area contributed by atoms with E-state index in [1.165, 1.54) is 35.1 Å². The van der Waals surface area contributed by atoms with E-state index < -0.39 is 0 Å². The van der Waals surface area contributed by atoms with Crippen LogP contribution in [0.25, 0.3) is 10.2 Å². The van der Waals surface area contributed by atoms with E-state index in [2.05, 4.69) is 22.2 Å². The van der Waals surface area contributed by atoms with Crippen LogP contribution in [0.2, 0.25) is 0 Å². The maximum absolute atomic E-state index is 5.42. The molecular formula is C17H25N4OS+. The van der Waals surface area contributed by atoms with Gasteiger partial charge in [-0.1, -0.05) is 6.92 Å². The Balaban J connectivity index is 1.50. The molecule has 124 valence electrons. The van der Waals surface area contributed by atoms with Crippen molar-refractivity contribution in [2.24, 2.45) is 5.92 Å². The van der Waals surface area contributed by atoms with Crippen molar-refractivity contribution >= 4 is 27.4 Å². The van der Waals surface area contributed by atoms with Crippen LogP contribution in [0.4, 0.5) is 5.82 Å². The number of hydrogen-bond acceptors (Lipinski definition) is 5. The predicted octanol–water partition coefficient (Wildman–Crippen LogP) is 1.14. The van der Waals surface area contributed by atoms with E-state index in [1.54, 1.807) is 11.2 Å². The van der Waals surface area contributed by atoms with Crippen molar-refractivity contribution in [2.45, 2.75) is 26.2 Å². The molecule has 0 spiro atoms. The summed E-state index contributed by atoms with van der Waals surface area (Å²) in [5, 5.41) is 4.86. The third-order valence-corrected chi connectivity index (χ3v) is 6.22. The lowest BCUT2D eigenvalue weighted by Crippen LogP contribution is -3.14. The summed E-state index contributed by atoms with van der Waals surface area (Å²) in [6.45, 7) is 8.45. The number of nitrogens with zero attached hydrogens (tertiary/aromatic N) is 2. The van der Waals surface area contributed by atoms with Crippen LogP contribution in [0.5, 0.6) is 0 Å². The number of rotatable bonds is 4. The Morgan fingerprint density at radius 2 is 2.22 bits per heavy atom. The molecule has 6 heteroatoms. The molecule has 1 aliphatic heterocycles. The molecule has 1 saturated heterocycles. The van der Waals surface area contributed by atoms with Gasteiger partial charge < -0.3 is 15.0 Å². The number of thiophene rings is 1. The number of aromatic nitrogens is 2. The minimum Gasteiger partial charge on any atom is -0.370 e. The SMILES string of the molecule is CC1CCc2c(sc3ncnc(NCC[NH+]4CCOCC4)c23)C1. The van der Waals surface area contributed by atoms with Crippen LogP contribution in [0.15, 0.2) is 6.33 Å². The Labute approximate surface area is 141 Å². The Morgan fingerprint density at radius 3 is 3.09 bits per heavy atom. The average molecular weight is 333 g/mol. The van der Waals surface area contributed by atoms with Gasteiger partial charge in [0.05, 0.1) is 31.7 Å². The zero-order valence-electron chi connectivity index (χ0n) is 13.7. The van der Waals surface area contributed by atoms with Crippen LogP contribution in [0.1, 0.15) is 23.8 Å². The molecule has 0 aromatic carbocycles. The highest BCUT2D eigenvalue weighted by atomic mass is 32.1. The second-order valence-corrected chi connectivity index (χ2v) is 7.88. The van der Waals surface area contributed by atoms with Gasteiger partial charge >= 0.3 is 0 Å². The maximum atomic E-state index is 5.42. The van der Waals surface area contributed by atoms with Crippen LogP contribution < -0.4 is 10.2 Å². The Morgan fingerprint density at radius 1 is 1.35 bits per heavy atom. The fourth-order valence-corrected chi connectivity index (χ4v) is 5.03. The van der Waals surface area contributed by atoms with E-state index in [9.17, 15) is 0 Å². The number of quaternary nitrogens is 1. The van der Waals surface area contributed by atoms with E-state index in [1.807, 2.05) is 11.3 Å². The quantitative estimate of drug-likeness (QED) is 0.881. The first-order valence-electron chi connectivity index (χ1n) is 8.71. The molecule has 1 aliphatic carbocycles. The van der Waals surface area contributed by atoms with Crippen molar-refractivity contribution < 1.29 is 9.64 Å². The first-order chi connectivity index (χ1) is 11.3. The molecule has 0 bridgehead atoms. The smallest absolute Gasteiger partial charge is 0.138 e. The van der Waals surface area contributed by atoms with Crippen LogP contribution in [-0.2, 0) is 17.6 Å². The fourth-order valence-electron chi connectivity index (χ4n) is 3.68. The van der Waals surface area contributed by atoms with Crippen molar-refractivity contribution in [2.75, 3.05) is 44.7 Å². The molecule has 2 aromatic rings. The van der Waals surface area contributed by atoms with Gasteiger partial charge in [-0.2, -0.15) is 0 Å². The molecule has 3 heterocycles. The topological polar surface area (TPSA) is 51.5 Å². The number of fused-ring (bicyclic) bond motifs is 3. The highest BCUT2D eigenvalue weighted by molar-refractivity contribution is 7.19. The molecular weight excluding hydrogens is 308 g/mol. The van der Waals surface area contributed by atoms with Crippen molar-refractivity contribution in [3.05, 3.63) is 16.8 Å². The van der Waals surface area contributed by atoms with Gasteiger partial charge in [0.1, 0.15) is 30.1 Å². The molecule has 1 unspecified atom stereocenters. The van der Waals surface area contributed by atoms with Crippen LogP contribution in [0, 0.1) is 5.92 Å². The van der Waals surface area contributed by atoms with E-state index in [4.69, 9.17) is 4.74 Å². The van der Waals surface area contributed by atoms with Gasteiger partial charge in [-0.3, -0.25) is 0 Å². The maximum Gasteiger partial charge on any atom is 0.138 e. The normalized spacial score (nSPS) is 22.2. The summed E-state index contributed by atoms with van der Waals surface area (Å²) >= 11 is 1.87. The van der Waals surface area contributed by atoms with Gasteiger partial charge in [0.25, 0.3) is 0 Å². The van der Waals surface area contributed by atoms with Gasteiger partial charge in [0.15, 0.2) is 0 Å². The standard InChI is InChI=1S/C17H24N4OS/c1-12-2-3-13-14(10-12)23-17-15(13)16(19-11-20-17)18-4-5-21-6-8-22-9-7-21/h11-12H,2-10H2,1H3,(H,18,19,20)/p+1. The minimum atomic E-state index is 0.796. The molecule has 2 aliphatic rings. The summed E-state index contributed by atoms with van der Waals surface area (Å²) in [5.74, 6) is 1.83. The highest BCUT2D eigenvalue weighted by Gasteiger charge is 2.23. The average Bonchev–Trinajstić information content (AvgIpc) is 2.94. The summed E-state index contributed by atoms with van der Waals surface area (Å²) in [4.78, 5) is 13.4. The number of ether oxygens (including phenoxy) is 1. The van der Waals surface area contributed by atoms with E-state index in [0.29, 0.717) is 0 Å². The summed E-state index contributed by atoms with van der Waals surface area (Å²) < 4.78 is 5.42. The third kappa shape index (κ3) is 3.20. The third-order valence-electron chi connectivity index (χ3n) is 5.06. The number of aryl methyl sites for hydroxylation is 1. The molecule has 1 fully saturated rings. The summed E-state index contributed by atoms with van der Waals surface area (Å²) in [6.07, 6.45) is 5.36. The Kier molecular flexibility index (Phi) is 4.46. The second kappa shape index (κ2) is 6.71. The molecule has 2 N–H and O–H groups in total. The molecule has 4 rings (SSSR count). The molecule has 0 amide bonds. The van der Waals surface area contributed by atoms with Gasteiger partial charge in [0, 0.05) is 4.88 Å². The van der Waals surface area contributed by atoms with Crippen molar-refractivity contribution in [3.63, 3.8) is 0 Å². The predicted molar refractivity (Wildman–Crippen MR) is 93.5 cm³/mol. The summed E-state index contributed by atoms with van der Waals surface area (Å²) in [5.41, 5.74) is 1.50. The second-order valence-electron chi connectivity index (χ2n) is 6.79. The lowest BCUT2D eigenvalue weighted by Gasteiger charge is -2.24. The summed E-state index contributed by atoms with van der Waals surface area (Å²) in [7, 11) is 0. The number of morpholine rings is 1. The molecule has 5 nitrogen and oxygen atoms in total.